The van der Waals surface area contributed by atoms with E-state index in [1.54, 1.807) is 36.4 Å². The predicted molar refractivity (Wildman–Crippen MR) is 116 cm³/mol. The van der Waals surface area contributed by atoms with Crippen molar-refractivity contribution >= 4 is 41.1 Å². The van der Waals surface area contributed by atoms with Crippen molar-refractivity contribution in [2.45, 2.75) is 24.3 Å². The first-order valence-electron chi connectivity index (χ1n) is 9.23. The molecule has 158 valence electrons. The van der Waals surface area contributed by atoms with Crippen molar-refractivity contribution in [2.75, 3.05) is 5.75 Å². The van der Waals surface area contributed by atoms with Crippen LogP contribution in [0, 0.1) is 0 Å². The average Bonchev–Trinajstić information content (AvgIpc) is 2.74. The lowest BCUT2D eigenvalue weighted by Gasteiger charge is -2.35. The molecule has 0 aliphatic carbocycles. The molecule has 1 aliphatic heterocycles. The Labute approximate surface area is 183 Å². The fourth-order valence-corrected chi connectivity index (χ4v) is 3.88. The molecule has 0 saturated carbocycles. The largest absolute Gasteiger partial charge is 0.351 e. The molecule has 1 saturated heterocycles. The maximum absolute atomic E-state index is 12.4. The first-order chi connectivity index (χ1) is 14.4. The third-order valence-corrected chi connectivity index (χ3v) is 5.78. The van der Waals surface area contributed by atoms with Gasteiger partial charge < -0.3 is 21.7 Å². The van der Waals surface area contributed by atoms with Crippen molar-refractivity contribution in [3.8, 4) is 0 Å². The molecular weight excluding hydrogens is 426 g/mol. The summed E-state index contributed by atoms with van der Waals surface area (Å²) >= 11 is 7.26. The monoisotopic (exact) mass is 447 g/mol. The summed E-state index contributed by atoms with van der Waals surface area (Å²) in [4.78, 5) is 36.8. The standard InChI is InChI=1S/C20H22ClN5O3S/c21-14-9-5-4-8-13(14)10-23-15(27)11-30-20-25-17(22)16(19(29)26-20)24-18(28)12-6-2-1-3-7-12/h1-9,16-17,20,25H,10-11,22H2,(H,23,27)(H,24,28)(H,26,29). The van der Waals surface area contributed by atoms with Gasteiger partial charge >= 0.3 is 0 Å². The van der Waals surface area contributed by atoms with Gasteiger partial charge in [0.1, 0.15) is 11.5 Å². The van der Waals surface area contributed by atoms with Crippen molar-refractivity contribution in [2.24, 2.45) is 5.73 Å². The highest BCUT2D eigenvalue weighted by Gasteiger charge is 2.35. The molecule has 3 amide bonds. The number of carbonyl (C=O) groups excluding carboxylic acids is 3. The summed E-state index contributed by atoms with van der Waals surface area (Å²) in [5.41, 5.74) is 6.73. The molecular formula is C20H22ClN5O3S. The van der Waals surface area contributed by atoms with Gasteiger partial charge in [0.2, 0.25) is 11.8 Å². The molecule has 1 aliphatic rings. The second kappa shape index (κ2) is 10.4. The second-order valence-electron chi connectivity index (χ2n) is 6.58. The summed E-state index contributed by atoms with van der Waals surface area (Å²) in [6.45, 7) is 0.316. The number of amides is 3. The molecule has 0 aromatic heterocycles. The third-order valence-electron chi connectivity index (χ3n) is 4.40. The molecule has 10 heteroatoms. The van der Waals surface area contributed by atoms with Crippen molar-refractivity contribution in [1.82, 2.24) is 21.3 Å². The summed E-state index contributed by atoms with van der Waals surface area (Å²) < 4.78 is 0. The quantitative estimate of drug-likeness (QED) is 0.427. The number of carbonyl (C=O) groups is 3. The topological polar surface area (TPSA) is 125 Å². The van der Waals surface area contributed by atoms with Crippen molar-refractivity contribution in [1.29, 1.82) is 0 Å². The molecule has 3 unspecified atom stereocenters. The molecule has 8 nitrogen and oxygen atoms in total. The summed E-state index contributed by atoms with van der Waals surface area (Å²) in [7, 11) is 0. The molecule has 1 fully saturated rings. The van der Waals surface area contributed by atoms with Crippen LogP contribution in [0.5, 0.6) is 0 Å². The van der Waals surface area contributed by atoms with Crippen LogP contribution in [0.1, 0.15) is 15.9 Å². The number of thioether (sulfide) groups is 1. The SMILES string of the molecule is NC1NC(SCC(=O)NCc2ccccc2Cl)NC(=O)C1NC(=O)c1ccccc1. The van der Waals surface area contributed by atoms with Crippen molar-refractivity contribution in [3.63, 3.8) is 0 Å². The molecule has 0 bridgehead atoms. The number of nitrogens with one attached hydrogen (secondary N) is 4. The van der Waals surface area contributed by atoms with Gasteiger partial charge in [0.25, 0.3) is 5.91 Å². The van der Waals surface area contributed by atoms with E-state index in [9.17, 15) is 14.4 Å². The molecule has 0 spiro atoms. The van der Waals surface area contributed by atoms with Gasteiger partial charge in [-0.05, 0) is 23.8 Å². The number of hydrogen-bond donors (Lipinski definition) is 5. The Morgan fingerprint density at radius 3 is 2.50 bits per heavy atom. The van der Waals surface area contributed by atoms with Gasteiger partial charge in [-0.2, -0.15) is 0 Å². The van der Waals surface area contributed by atoms with Gasteiger partial charge in [-0.15, -0.1) is 11.8 Å². The highest BCUT2D eigenvalue weighted by Crippen LogP contribution is 2.15. The van der Waals surface area contributed by atoms with E-state index in [1.807, 2.05) is 18.2 Å². The minimum atomic E-state index is -0.927. The molecule has 2 aromatic rings. The van der Waals surface area contributed by atoms with Crippen LogP contribution in [-0.2, 0) is 16.1 Å². The van der Waals surface area contributed by atoms with E-state index in [-0.39, 0.29) is 11.7 Å². The fraction of sp³-hybridized carbons (Fsp3) is 0.250. The van der Waals surface area contributed by atoms with Crippen molar-refractivity contribution in [3.05, 3.63) is 70.7 Å². The van der Waals surface area contributed by atoms with Crippen LogP contribution in [0.25, 0.3) is 0 Å². The van der Waals surface area contributed by atoms with Gasteiger partial charge in [0.05, 0.1) is 11.9 Å². The molecule has 1 heterocycles. The van der Waals surface area contributed by atoms with Crippen LogP contribution in [0.2, 0.25) is 5.02 Å². The van der Waals surface area contributed by atoms with E-state index in [4.69, 9.17) is 17.3 Å². The highest BCUT2D eigenvalue weighted by atomic mass is 35.5. The second-order valence-corrected chi connectivity index (χ2v) is 8.08. The zero-order chi connectivity index (χ0) is 21.5. The Morgan fingerprint density at radius 1 is 1.10 bits per heavy atom. The lowest BCUT2D eigenvalue weighted by molar-refractivity contribution is -0.126. The molecule has 2 aromatic carbocycles. The molecule has 6 N–H and O–H groups in total. The van der Waals surface area contributed by atoms with Crippen LogP contribution < -0.4 is 27.0 Å². The molecule has 3 rings (SSSR count). The van der Waals surface area contributed by atoms with Gasteiger partial charge in [-0.25, -0.2) is 0 Å². The molecule has 0 radical (unpaired) electrons. The van der Waals surface area contributed by atoms with Gasteiger partial charge in [0, 0.05) is 17.1 Å². The zero-order valence-electron chi connectivity index (χ0n) is 15.9. The van der Waals surface area contributed by atoms with Crippen LogP contribution in [0.3, 0.4) is 0 Å². The number of rotatable bonds is 7. The Hall–Kier alpha value is -2.59. The molecule has 30 heavy (non-hydrogen) atoms. The predicted octanol–water partition coefficient (Wildman–Crippen LogP) is 0.776. The van der Waals surface area contributed by atoms with E-state index in [0.29, 0.717) is 17.1 Å². The summed E-state index contributed by atoms with van der Waals surface area (Å²) in [5.74, 6) is -0.905. The van der Waals surface area contributed by atoms with Gasteiger partial charge in [0.15, 0.2) is 0 Å². The Kier molecular flexibility index (Phi) is 7.69. The van der Waals surface area contributed by atoms with E-state index >= 15 is 0 Å². The smallest absolute Gasteiger partial charge is 0.252 e. The summed E-state index contributed by atoms with van der Waals surface area (Å²) in [6.07, 6.45) is -0.796. The van der Waals surface area contributed by atoms with Crippen molar-refractivity contribution < 1.29 is 14.4 Å². The Balaban J connectivity index is 1.45. The van der Waals surface area contributed by atoms with Crippen LogP contribution in [-0.4, -0.2) is 41.2 Å². The number of benzene rings is 2. The first kappa shape index (κ1) is 22.1. The minimum Gasteiger partial charge on any atom is -0.351 e. The maximum Gasteiger partial charge on any atom is 0.252 e. The number of hydrogen-bond acceptors (Lipinski definition) is 6. The van der Waals surface area contributed by atoms with E-state index in [1.165, 1.54) is 11.8 Å². The molecule has 3 atom stereocenters. The lowest BCUT2D eigenvalue weighted by Crippen LogP contribution is -2.70. The Morgan fingerprint density at radius 2 is 1.80 bits per heavy atom. The minimum absolute atomic E-state index is 0.107. The van der Waals surface area contributed by atoms with Gasteiger partial charge in [-0.3, -0.25) is 19.7 Å². The average molecular weight is 448 g/mol. The summed E-state index contributed by atoms with van der Waals surface area (Å²) in [6, 6.07) is 14.9. The van der Waals surface area contributed by atoms with E-state index < -0.39 is 29.5 Å². The maximum atomic E-state index is 12.4. The zero-order valence-corrected chi connectivity index (χ0v) is 17.5. The fourth-order valence-electron chi connectivity index (χ4n) is 2.80. The van der Waals surface area contributed by atoms with Gasteiger partial charge in [-0.1, -0.05) is 48.0 Å². The van der Waals surface area contributed by atoms with E-state index in [2.05, 4.69) is 21.3 Å². The highest BCUT2D eigenvalue weighted by molar-refractivity contribution is 8.00. The van der Waals surface area contributed by atoms with E-state index in [0.717, 1.165) is 5.56 Å². The Bertz CT molecular complexity index is 914. The number of nitrogens with two attached hydrogens (primary N) is 1. The normalized spacial score (nSPS) is 20.9. The van der Waals surface area contributed by atoms with Crippen LogP contribution in [0.15, 0.2) is 54.6 Å². The van der Waals surface area contributed by atoms with Crippen LogP contribution >= 0.6 is 23.4 Å². The van der Waals surface area contributed by atoms with Crippen LogP contribution in [0.4, 0.5) is 0 Å². The summed E-state index contributed by atoms with van der Waals surface area (Å²) in [5, 5.41) is 11.7. The number of halogens is 1. The lowest BCUT2D eigenvalue weighted by atomic mass is 10.1. The third kappa shape index (κ3) is 5.96. The first-order valence-corrected chi connectivity index (χ1v) is 10.7.